The van der Waals surface area contributed by atoms with Crippen LogP contribution < -0.4 is 0 Å². The molecule has 1 aromatic carbocycles. The molecule has 4 nitrogen and oxygen atoms in total. The summed E-state index contributed by atoms with van der Waals surface area (Å²) in [6.45, 7) is 1.40. The summed E-state index contributed by atoms with van der Waals surface area (Å²) < 4.78 is 16.8. The number of ether oxygens (including phenoxy) is 3. The van der Waals surface area contributed by atoms with Crippen LogP contribution in [0.4, 0.5) is 0 Å². The molecule has 0 amide bonds. The van der Waals surface area contributed by atoms with Crippen LogP contribution in [0.2, 0.25) is 0 Å². The van der Waals surface area contributed by atoms with Crippen molar-refractivity contribution >= 4 is 0 Å². The number of benzene rings is 1. The highest BCUT2D eigenvalue weighted by Gasteiger charge is 2.47. The lowest BCUT2D eigenvalue weighted by Gasteiger charge is -2.16. The van der Waals surface area contributed by atoms with Crippen LogP contribution in [-0.4, -0.2) is 42.7 Å². The smallest absolute Gasteiger partial charge is 0.115 e. The van der Waals surface area contributed by atoms with Crippen LogP contribution in [0, 0.1) is 0 Å². The van der Waals surface area contributed by atoms with Crippen molar-refractivity contribution in [2.45, 2.75) is 31.0 Å². The van der Waals surface area contributed by atoms with Crippen molar-refractivity contribution in [3.63, 3.8) is 0 Å². The maximum absolute atomic E-state index is 9.60. The highest BCUT2D eigenvalue weighted by atomic mass is 16.6. The summed E-state index contributed by atoms with van der Waals surface area (Å²) in [5.41, 5.74) is 1.13. The van der Waals surface area contributed by atoms with E-state index in [1.54, 1.807) is 0 Å². The van der Waals surface area contributed by atoms with Crippen molar-refractivity contribution in [1.82, 2.24) is 0 Å². The van der Waals surface area contributed by atoms with Crippen LogP contribution in [0.15, 0.2) is 30.3 Å². The lowest BCUT2D eigenvalue weighted by Crippen LogP contribution is -2.32. The van der Waals surface area contributed by atoms with E-state index in [0.717, 1.165) is 5.56 Å². The third kappa shape index (κ3) is 2.21. The van der Waals surface area contributed by atoms with Gasteiger partial charge in [-0.15, -0.1) is 0 Å². The van der Waals surface area contributed by atoms with Crippen LogP contribution in [0.1, 0.15) is 5.56 Å². The molecule has 0 aliphatic carbocycles. The number of hydrogen-bond donors (Lipinski definition) is 1. The fourth-order valence-corrected chi connectivity index (χ4v) is 2.36. The maximum atomic E-state index is 9.60. The molecule has 0 aromatic heterocycles. The Morgan fingerprint density at radius 1 is 1.12 bits per heavy atom. The van der Waals surface area contributed by atoms with E-state index in [-0.39, 0.29) is 18.3 Å². The van der Waals surface area contributed by atoms with Gasteiger partial charge in [-0.05, 0) is 5.56 Å². The number of hydrogen-bond acceptors (Lipinski definition) is 4. The van der Waals surface area contributed by atoms with E-state index >= 15 is 0 Å². The molecule has 1 aromatic rings. The first-order valence-electron chi connectivity index (χ1n) is 5.91. The van der Waals surface area contributed by atoms with Crippen LogP contribution in [0.3, 0.4) is 0 Å². The first-order chi connectivity index (χ1) is 8.34. The van der Waals surface area contributed by atoms with E-state index < -0.39 is 6.10 Å². The zero-order valence-electron chi connectivity index (χ0n) is 9.49. The van der Waals surface area contributed by atoms with E-state index in [2.05, 4.69) is 0 Å². The predicted molar refractivity (Wildman–Crippen MR) is 60.5 cm³/mol. The molecule has 4 atom stereocenters. The Labute approximate surface area is 100 Å². The Balaban J connectivity index is 1.57. The monoisotopic (exact) mass is 236 g/mol. The second-order valence-corrected chi connectivity index (χ2v) is 4.50. The molecule has 2 heterocycles. The van der Waals surface area contributed by atoms with Crippen molar-refractivity contribution in [2.75, 3.05) is 13.2 Å². The Morgan fingerprint density at radius 2 is 1.88 bits per heavy atom. The number of aliphatic hydroxyl groups is 1. The highest BCUT2D eigenvalue weighted by Crippen LogP contribution is 2.29. The fourth-order valence-electron chi connectivity index (χ4n) is 2.36. The van der Waals surface area contributed by atoms with Gasteiger partial charge in [0.2, 0.25) is 0 Å². The summed E-state index contributed by atoms with van der Waals surface area (Å²) in [5.74, 6) is 0. The van der Waals surface area contributed by atoms with Gasteiger partial charge in [-0.1, -0.05) is 30.3 Å². The molecular weight excluding hydrogens is 220 g/mol. The molecular formula is C13H16O4. The van der Waals surface area contributed by atoms with Gasteiger partial charge in [0.1, 0.15) is 24.4 Å². The number of aliphatic hydroxyl groups excluding tert-OH is 1. The molecule has 17 heavy (non-hydrogen) atoms. The molecule has 92 valence electrons. The van der Waals surface area contributed by atoms with Gasteiger partial charge in [0.25, 0.3) is 0 Å². The first-order valence-corrected chi connectivity index (χ1v) is 5.91. The Kier molecular flexibility index (Phi) is 3.11. The minimum atomic E-state index is -0.509. The summed E-state index contributed by atoms with van der Waals surface area (Å²) in [5, 5.41) is 9.60. The van der Waals surface area contributed by atoms with Gasteiger partial charge in [-0.25, -0.2) is 0 Å². The molecule has 3 rings (SSSR count). The van der Waals surface area contributed by atoms with Crippen LogP contribution in [0.25, 0.3) is 0 Å². The third-order valence-corrected chi connectivity index (χ3v) is 3.29. The van der Waals surface area contributed by atoms with E-state index in [1.807, 2.05) is 30.3 Å². The molecule has 1 unspecified atom stereocenters. The van der Waals surface area contributed by atoms with E-state index in [4.69, 9.17) is 14.2 Å². The normalized spacial score (nSPS) is 36.1. The average Bonchev–Trinajstić information content (AvgIpc) is 2.92. The van der Waals surface area contributed by atoms with E-state index in [1.165, 1.54) is 0 Å². The molecule has 0 bridgehead atoms. The van der Waals surface area contributed by atoms with Gasteiger partial charge >= 0.3 is 0 Å². The molecule has 0 saturated carbocycles. The highest BCUT2D eigenvalue weighted by molar-refractivity contribution is 5.13. The zero-order valence-corrected chi connectivity index (χ0v) is 9.49. The Hall–Kier alpha value is -0.940. The topological polar surface area (TPSA) is 47.9 Å². The molecule has 4 heteroatoms. The minimum Gasteiger partial charge on any atom is -0.388 e. The van der Waals surface area contributed by atoms with E-state index in [9.17, 15) is 5.11 Å². The standard InChI is InChI=1S/C13H16O4/c14-10-7-16-13-11(8-17-12(10)13)15-6-9-4-2-1-3-5-9/h1-5,10-14H,6-8H2/t10-,11-,12?,13-/m1/s1. The summed E-state index contributed by atoms with van der Waals surface area (Å²) in [6, 6.07) is 10.0. The quantitative estimate of drug-likeness (QED) is 0.840. The van der Waals surface area contributed by atoms with Gasteiger partial charge in [0, 0.05) is 0 Å². The largest absolute Gasteiger partial charge is 0.388 e. The van der Waals surface area contributed by atoms with Gasteiger partial charge in [-0.2, -0.15) is 0 Å². The first kappa shape index (κ1) is 11.2. The van der Waals surface area contributed by atoms with Crippen molar-refractivity contribution < 1.29 is 19.3 Å². The average molecular weight is 236 g/mol. The molecule has 1 N–H and O–H groups in total. The second kappa shape index (κ2) is 4.74. The van der Waals surface area contributed by atoms with Gasteiger partial charge in [0.05, 0.1) is 19.8 Å². The second-order valence-electron chi connectivity index (χ2n) is 4.50. The molecule has 0 radical (unpaired) electrons. The van der Waals surface area contributed by atoms with Crippen molar-refractivity contribution in [3.8, 4) is 0 Å². The zero-order chi connectivity index (χ0) is 11.7. The number of rotatable bonds is 3. The fraction of sp³-hybridized carbons (Fsp3) is 0.538. The summed E-state index contributed by atoms with van der Waals surface area (Å²) in [4.78, 5) is 0. The van der Waals surface area contributed by atoms with Crippen LogP contribution in [0.5, 0.6) is 0 Å². The SMILES string of the molecule is O[C@@H]1CO[C@H]2C1OC[C@H]2OCc1ccccc1. The van der Waals surface area contributed by atoms with Crippen molar-refractivity contribution in [3.05, 3.63) is 35.9 Å². The van der Waals surface area contributed by atoms with Crippen molar-refractivity contribution in [2.24, 2.45) is 0 Å². The molecule has 2 fully saturated rings. The summed E-state index contributed by atoms with van der Waals surface area (Å²) in [6.07, 6.45) is -0.910. The Morgan fingerprint density at radius 3 is 2.71 bits per heavy atom. The summed E-state index contributed by atoms with van der Waals surface area (Å²) >= 11 is 0. The molecule has 2 aliphatic heterocycles. The number of fused-ring (bicyclic) bond motifs is 1. The predicted octanol–water partition coefficient (Wildman–Crippen LogP) is 0.730. The lowest BCUT2D eigenvalue weighted by molar-refractivity contribution is -0.0439. The Bertz CT molecular complexity index is 367. The van der Waals surface area contributed by atoms with Crippen molar-refractivity contribution in [1.29, 1.82) is 0 Å². The maximum Gasteiger partial charge on any atom is 0.115 e. The minimum absolute atomic E-state index is 0.0719. The van der Waals surface area contributed by atoms with Crippen LogP contribution >= 0.6 is 0 Å². The van der Waals surface area contributed by atoms with Gasteiger partial charge in [-0.3, -0.25) is 0 Å². The molecule has 2 saturated heterocycles. The van der Waals surface area contributed by atoms with Gasteiger partial charge in [0.15, 0.2) is 0 Å². The molecule has 0 spiro atoms. The van der Waals surface area contributed by atoms with E-state index in [0.29, 0.717) is 19.8 Å². The van der Waals surface area contributed by atoms with Gasteiger partial charge < -0.3 is 19.3 Å². The van der Waals surface area contributed by atoms with Crippen LogP contribution in [-0.2, 0) is 20.8 Å². The lowest BCUT2D eigenvalue weighted by atomic mass is 10.1. The third-order valence-electron chi connectivity index (χ3n) is 3.29. The molecule has 2 aliphatic rings. The summed E-state index contributed by atoms with van der Waals surface area (Å²) in [7, 11) is 0.